The molecule has 0 bridgehead atoms. The van der Waals surface area contributed by atoms with Gasteiger partial charge in [-0.15, -0.1) is 0 Å². The van der Waals surface area contributed by atoms with Gasteiger partial charge in [0.15, 0.2) is 18.3 Å². The Kier molecular flexibility index (Phi) is 2.89. The van der Waals surface area contributed by atoms with E-state index >= 15 is 0 Å². The zero-order valence-electron chi connectivity index (χ0n) is 7.98. The number of phenolic OH excluding ortho intramolecular Hbond substituents is 1. The summed E-state index contributed by atoms with van der Waals surface area (Å²) in [5.74, 6) is 1.37. The van der Waals surface area contributed by atoms with Crippen molar-refractivity contribution in [2.24, 2.45) is 5.92 Å². The molecule has 2 rings (SSSR count). The molecule has 76 valence electrons. The van der Waals surface area contributed by atoms with E-state index in [0.29, 0.717) is 5.75 Å². The zero-order chi connectivity index (χ0) is 9.80. The second-order valence-electron chi connectivity index (χ2n) is 3.54. The van der Waals surface area contributed by atoms with Gasteiger partial charge in [-0.05, 0) is 30.9 Å². The number of hydrogen-bond acceptors (Lipinski definition) is 3. The average Bonchev–Trinajstić information content (AvgIpc) is 2.99. The van der Waals surface area contributed by atoms with Crippen LogP contribution in [0.15, 0.2) is 24.3 Å². The van der Waals surface area contributed by atoms with Crippen molar-refractivity contribution in [3.05, 3.63) is 24.3 Å². The molecular weight excluding hydrogens is 180 g/mol. The summed E-state index contributed by atoms with van der Waals surface area (Å²) in [6.07, 6.45) is 2.55. The Bertz CT molecular complexity index is 294. The molecule has 0 saturated heterocycles. The van der Waals surface area contributed by atoms with E-state index in [1.807, 2.05) is 6.07 Å². The first-order valence-corrected chi connectivity index (χ1v) is 4.85. The minimum absolute atomic E-state index is 0.155. The van der Waals surface area contributed by atoms with Crippen LogP contribution in [0.1, 0.15) is 12.8 Å². The Hall–Kier alpha value is -1.22. The topological polar surface area (TPSA) is 38.7 Å². The van der Waals surface area contributed by atoms with Crippen LogP contribution in [0.25, 0.3) is 0 Å². The van der Waals surface area contributed by atoms with E-state index in [4.69, 9.17) is 9.47 Å². The lowest BCUT2D eigenvalue weighted by Crippen LogP contribution is -2.05. The molecule has 1 aromatic carbocycles. The molecule has 0 atom stereocenters. The number of benzene rings is 1. The minimum Gasteiger partial charge on any atom is -0.504 e. The molecule has 1 saturated carbocycles. The van der Waals surface area contributed by atoms with Crippen molar-refractivity contribution in [3.63, 3.8) is 0 Å². The molecule has 3 heteroatoms. The van der Waals surface area contributed by atoms with Crippen LogP contribution in [0.2, 0.25) is 0 Å². The zero-order valence-corrected chi connectivity index (χ0v) is 7.98. The van der Waals surface area contributed by atoms with Crippen LogP contribution in [-0.4, -0.2) is 18.5 Å². The molecule has 1 aliphatic rings. The third kappa shape index (κ3) is 2.64. The molecular formula is C11H14O3. The van der Waals surface area contributed by atoms with Crippen LogP contribution in [0.5, 0.6) is 11.5 Å². The first-order valence-electron chi connectivity index (χ1n) is 4.85. The summed E-state index contributed by atoms with van der Waals surface area (Å²) < 4.78 is 10.5. The highest BCUT2D eigenvalue weighted by Crippen LogP contribution is 2.29. The maximum Gasteiger partial charge on any atom is 0.189 e. The third-order valence-electron chi connectivity index (χ3n) is 2.21. The monoisotopic (exact) mass is 194 g/mol. The molecule has 0 spiro atoms. The first-order chi connectivity index (χ1) is 6.86. The van der Waals surface area contributed by atoms with E-state index in [2.05, 4.69) is 0 Å². The SMILES string of the molecule is Oc1ccccc1OCOCC1CC1. The van der Waals surface area contributed by atoms with Crippen molar-refractivity contribution in [3.8, 4) is 11.5 Å². The van der Waals surface area contributed by atoms with E-state index in [1.54, 1.807) is 18.2 Å². The molecule has 0 unspecified atom stereocenters. The summed E-state index contributed by atoms with van der Waals surface area (Å²) in [4.78, 5) is 0. The van der Waals surface area contributed by atoms with Gasteiger partial charge in [0.2, 0.25) is 0 Å². The Morgan fingerprint density at radius 3 is 2.79 bits per heavy atom. The van der Waals surface area contributed by atoms with E-state index < -0.39 is 0 Å². The number of aromatic hydroxyl groups is 1. The predicted octanol–water partition coefficient (Wildman–Crippen LogP) is 2.16. The largest absolute Gasteiger partial charge is 0.504 e. The molecule has 1 aromatic rings. The van der Waals surface area contributed by atoms with Crippen molar-refractivity contribution in [1.29, 1.82) is 0 Å². The van der Waals surface area contributed by atoms with Crippen molar-refractivity contribution < 1.29 is 14.6 Å². The Balaban J connectivity index is 1.71. The van der Waals surface area contributed by atoms with Gasteiger partial charge in [-0.3, -0.25) is 0 Å². The molecule has 0 amide bonds. The highest BCUT2D eigenvalue weighted by atomic mass is 16.7. The fourth-order valence-electron chi connectivity index (χ4n) is 1.18. The second kappa shape index (κ2) is 4.33. The molecule has 0 aromatic heterocycles. The number of para-hydroxylation sites is 2. The van der Waals surface area contributed by atoms with Crippen LogP contribution in [0, 0.1) is 5.92 Å². The summed E-state index contributed by atoms with van der Waals surface area (Å²) in [5.41, 5.74) is 0. The van der Waals surface area contributed by atoms with Crippen molar-refractivity contribution in [2.75, 3.05) is 13.4 Å². The Morgan fingerprint density at radius 2 is 2.07 bits per heavy atom. The number of rotatable bonds is 5. The van der Waals surface area contributed by atoms with E-state index in [-0.39, 0.29) is 12.5 Å². The van der Waals surface area contributed by atoms with Crippen LogP contribution in [-0.2, 0) is 4.74 Å². The van der Waals surface area contributed by atoms with Gasteiger partial charge in [0.25, 0.3) is 0 Å². The van der Waals surface area contributed by atoms with Crippen LogP contribution < -0.4 is 4.74 Å². The molecule has 14 heavy (non-hydrogen) atoms. The lowest BCUT2D eigenvalue weighted by molar-refractivity contribution is 0.00867. The van der Waals surface area contributed by atoms with Gasteiger partial charge in [-0.2, -0.15) is 0 Å². The summed E-state index contributed by atoms with van der Waals surface area (Å²) in [6.45, 7) is 0.988. The highest BCUT2D eigenvalue weighted by molar-refractivity contribution is 5.37. The van der Waals surface area contributed by atoms with Gasteiger partial charge < -0.3 is 14.6 Å². The number of phenols is 1. The molecule has 1 N–H and O–H groups in total. The third-order valence-corrected chi connectivity index (χ3v) is 2.21. The Morgan fingerprint density at radius 1 is 1.29 bits per heavy atom. The van der Waals surface area contributed by atoms with Crippen LogP contribution in [0.4, 0.5) is 0 Å². The molecule has 0 radical (unpaired) electrons. The normalized spacial score (nSPS) is 15.4. The summed E-state index contributed by atoms with van der Waals surface area (Å²) >= 11 is 0. The summed E-state index contributed by atoms with van der Waals surface area (Å²) in [6, 6.07) is 6.88. The van der Waals surface area contributed by atoms with Crippen molar-refractivity contribution >= 4 is 0 Å². The standard InChI is InChI=1S/C11H14O3/c12-10-3-1-2-4-11(10)14-8-13-7-9-5-6-9/h1-4,9,12H,5-8H2. The lowest BCUT2D eigenvalue weighted by atomic mass is 10.3. The summed E-state index contributed by atoms with van der Waals surface area (Å²) in [5, 5.41) is 9.35. The maximum atomic E-state index is 9.35. The molecule has 0 heterocycles. The van der Waals surface area contributed by atoms with E-state index in [1.165, 1.54) is 12.8 Å². The Labute approximate surface area is 83.3 Å². The molecule has 1 fully saturated rings. The van der Waals surface area contributed by atoms with Gasteiger partial charge in [-0.1, -0.05) is 12.1 Å². The lowest BCUT2D eigenvalue weighted by Gasteiger charge is -2.07. The number of ether oxygens (including phenoxy) is 2. The quantitative estimate of drug-likeness (QED) is 0.576. The minimum atomic E-state index is 0.155. The van der Waals surface area contributed by atoms with Crippen LogP contribution >= 0.6 is 0 Å². The van der Waals surface area contributed by atoms with Gasteiger partial charge >= 0.3 is 0 Å². The van der Waals surface area contributed by atoms with E-state index in [9.17, 15) is 5.11 Å². The van der Waals surface area contributed by atoms with Gasteiger partial charge in [0, 0.05) is 0 Å². The fraction of sp³-hybridized carbons (Fsp3) is 0.455. The predicted molar refractivity (Wildman–Crippen MR) is 52.3 cm³/mol. The fourth-order valence-corrected chi connectivity index (χ4v) is 1.18. The maximum absolute atomic E-state index is 9.35. The van der Waals surface area contributed by atoms with E-state index in [0.717, 1.165) is 12.5 Å². The first kappa shape index (κ1) is 9.34. The number of hydrogen-bond donors (Lipinski definition) is 1. The highest BCUT2D eigenvalue weighted by Gasteiger charge is 2.21. The average molecular weight is 194 g/mol. The van der Waals surface area contributed by atoms with Crippen molar-refractivity contribution in [2.45, 2.75) is 12.8 Å². The second-order valence-corrected chi connectivity index (χ2v) is 3.54. The summed E-state index contributed by atoms with van der Waals surface area (Å²) in [7, 11) is 0. The van der Waals surface area contributed by atoms with Gasteiger partial charge in [-0.25, -0.2) is 0 Å². The van der Waals surface area contributed by atoms with Crippen molar-refractivity contribution in [1.82, 2.24) is 0 Å². The van der Waals surface area contributed by atoms with Gasteiger partial charge in [0.1, 0.15) is 0 Å². The smallest absolute Gasteiger partial charge is 0.189 e. The molecule has 1 aliphatic carbocycles. The molecule has 3 nitrogen and oxygen atoms in total. The molecule has 0 aliphatic heterocycles. The van der Waals surface area contributed by atoms with Gasteiger partial charge in [0.05, 0.1) is 6.61 Å². The van der Waals surface area contributed by atoms with Crippen LogP contribution in [0.3, 0.4) is 0 Å².